The Hall–Kier alpha value is -5.30. The number of aromatic nitrogens is 2. The number of anilines is 1. The van der Waals surface area contributed by atoms with Gasteiger partial charge in [0.1, 0.15) is 24.5 Å². The van der Waals surface area contributed by atoms with Crippen LogP contribution in [0.3, 0.4) is 0 Å². The molecule has 0 fully saturated rings. The normalized spacial score (nSPS) is 21.1. The smallest absolute Gasteiger partial charge is 0.360 e. The van der Waals surface area contributed by atoms with Crippen molar-refractivity contribution in [1.29, 1.82) is 0 Å². The van der Waals surface area contributed by atoms with Crippen LogP contribution in [-0.4, -0.2) is 58.0 Å². The number of aliphatic hydroxyl groups is 1. The lowest BCUT2D eigenvalue weighted by atomic mass is 9.72. The summed E-state index contributed by atoms with van der Waals surface area (Å²) in [5, 5.41) is 19.2. The van der Waals surface area contributed by atoms with Crippen LogP contribution in [0.25, 0.3) is 11.6 Å². The number of benzene rings is 2. The molecule has 2 aromatic heterocycles. The molecule has 48 heavy (non-hydrogen) atoms. The van der Waals surface area contributed by atoms with Gasteiger partial charge in [-0.25, -0.2) is 14.8 Å². The van der Waals surface area contributed by atoms with E-state index in [1.165, 1.54) is 7.11 Å². The highest BCUT2D eigenvalue weighted by atomic mass is 16.5. The predicted octanol–water partition coefficient (Wildman–Crippen LogP) is 3.66. The van der Waals surface area contributed by atoms with Crippen LogP contribution in [0.2, 0.25) is 0 Å². The summed E-state index contributed by atoms with van der Waals surface area (Å²) < 4.78 is 17.2. The molecule has 250 valence electrons. The summed E-state index contributed by atoms with van der Waals surface area (Å²) in [6, 6.07) is 12.3. The Morgan fingerprint density at radius 1 is 1.10 bits per heavy atom. The molecular weight excluding hydrogens is 618 g/mol. The van der Waals surface area contributed by atoms with Crippen molar-refractivity contribution in [2.45, 2.75) is 64.6 Å². The third-order valence-corrected chi connectivity index (χ3v) is 8.74. The van der Waals surface area contributed by atoms with E-state index in [0.29, 0.717) is 22.4 Å². The van der Waals surface area contributed by atoms with Crippen molar-refractivity contribution in [2.24, 2.45) is 11.3 Å². The number of hydrogen-bond donors (Lipinski definition) is 4. The molecule has 13 heteroatoms. The summed E-state index contributed by atoms with van der Waals surface area (Å²) in [6.07, 6.45) is -0.157. The number of oxazole rings is 2. The minimum atomic E-state index is -1.62. The topological polar surface area (TPSA) is 186 Å². The number of amides is 3. The van der Waals surface area contributed by atoms with E-state index >= 15 is 0 Å². The molecule has 4 atom stereocenters. The summed E-state index contributed by atoms with van der Waals surface area (Å²) in [7, 11) is 1.22. The van der Waals surface area contributed by atoms with Crippen LogP contribution in [-0.2, 0) is 31.0 Å². The second-order valence-corrected chi connectivity index (χ2v) is 13.5. The number of carbonyl (C=O) groups excluding carboxylic acids is 4. The van der Waals surface area contributed by atoms with Gasteiger partial charge in [-0.1, -0.05) is 77.1 Å². The van der Waals surface area contributed by atoms with E-state index in [4.69, 9.17) is 18.6 Å². The molecule has 4 bridgehead atoms. The summed E-state index contributed by atoms with van der Waals surface area (Å²) >= 11 is 0. The first kappa shape index (κ1) is 32.6. The molecule has 13 nitrogen and oxygen atoms in total. The van der Waals surface area contributed by atoms with Gasteiger partial charge in [0.25, 0.3) is 0 Å². The fourth-order valence-electron chi connectivity index (χ4n) is 6.14. The standard InChI is InChI=1S/C35H37N5O8/c1-17(2)25(41)29(43)36-22-15-18-12-13-21-20(14-18)35(33(45)38-21,19-10-8-7-9-11-19)27-24(30-37-23(16-47-30)32(44)46-6)39-31(48-27)26(34(3,4)5)40-28(22)42/h7-14,16-17,22,25-26,41H,15H2,1-6H3,(H,36,43)(H,38,45)(H,40,42)/t22-,25-,26+,35-/m0/s1. The van der Waals surface area contributed by atoms with Gasteiger partial charge in [0, 0.05) is 17.7 Å². The third kappa shape index (κ3) is 5.43. The maximum Gasteiger partial charge on any atom is 0.360 e. The largest absolute Gasteiger partial charge is 0.464 e. The van der Waals surface area contributed by atoms with Gasteiger partial charge in [-0.3, -0.25) is 14.4 Å². The van der Waals surface area contributed by atoms with E-state index in [-0.39, 0.29) is 41.3 Å². The fourth-order valence-corrected chi connectivity index (χ4v) is 6.14. The highest BCUT2D eigenvalue weighted by Gasteiger charge is 2.55. The van der Waals surface area contributed by atoms with Gasteiger partial charge in [-0.2, -0.15) is 0 Å². The summed E-state index contributed by atoms with van der Waals surface area (Å²) in [4.78, 5) is 63.1. The summed E-state index contributed by atoms with van der Waals surface area (Å²) in [5.41, 5.74) is -0.198. The molecule has 4 heterocycles. The molecule has 0 unspecified atom stereocenters. The third-order valence-electron chi connectivity index (χ3n) is 8.74. The number of methoxy groups -OCH3 is 1. The van der Waals surface area contributed by atoms with Crippen molar-refractivity contribution in [3.8, 4) is 11.6 Å². The first-order valence-corrected chi connectivity index (χ1v) is 15.6. The highest BCUT2D eigenvalue weighted by Crippen LogP contribution is 2.52. The number of carbonyl (C=O) groups is 4. The van der Waals surface area contributed by atoms with Gasteiger partial charge in [0.05, 0.1) is 7.11 Å². The molecule has 6 rings (SSSR count). The molecule has 2 aliphatic rings. The van der Waals surface area contributed by atoms with E-state index in [2.05, 4.69) is 20.9 Å². The lowest BCUT2D eigenvalue weighted by Crippen LogP contribution is -2.53. The maximum atomic E-state index is 14.5. The number of aliphatic hydroxyl groups excluding tert-OH is 1. The Morgan fingerprint density at radius 3 is 2.50 bits per heavy atom. The molecule has 4 aromatic rings. The fraction of sp³-hybridized carbons (Fsp3) is 0.371. The zero-order valence-electron chi connectivity index (χ0n) is 27.4. The molecule has 3 amide bonds. The molecule has 0 spiro atoms. The number of nitrogens with one attached hydrogen (secondary N) is 3. The Kier molecular flexibility index (Phi) is 8.20. The Morgan fingerprint density at radius 2 is 1.83 bits per heavy atom. The lowest BCUT2D eigenvalue weighted by Gasteiger charge is -2.32. The van der Waals surface area contributed by atoms with Gasteiger partial charge in [0.2, 0.25) is 29.5 Å². The maximum absolute atomic E-state index is 14.5. The average molecular weight is 656 g/mol. The predicted molar refractivity (Wildman–Crippen MR) is 172 cm³/mol. The Bertz CT molecular complexity index is 1910. The van der Waals surface area contributed by atoms with Crippen LogP contribution < -0.4 is 16.0 Å². The number of ether oxygens (including phenoxy) is 1. The summed E-state index contributed by atoms with van der Waals surface area (Å²) in [5.74, 6) is -2.75. The van der Waals surface area contributed by atoms with Crippen molar-refractivity contribution < 1.29 is 37.9 Å². The van der Waals surface area contributed by atoms with Crippen LogP contribution in [0.1, 0.15) is 79.5 Å². The molecule has 0 saturated carbocycles. The van der Waals surface area contributed by atoms with E-state index in [0.717, 1.165) is 6.26 Å². The molecule has 0 saturated heterocycles. The quantitative estimate of drug-likeness (QED) is 0.223. The van der Waals surface area contributed by atoms with Crippen molar-refractivity contribution >= 4 is 29.4 Å². The number of fused-ring (bicyclic) bond motifs is 4. The first-order valence-electron chi connectivity index (χ1n) is 15.6. The number of hydrogen-bond acceptors (Lipinski definition) is 10. The Labute approximate surface area is 276 Å². The monoisotopic (exact) mass is 655 g/mol. The van der Waals surface area contributed by atoms with E-state index < -0.39 is 52.7 Å². The molecule has 0 radical (unpaired) electrons. The minimum absolute atomic E-state index is 0.0410. The van der Waals surface area contributed by atoms with Crippen molar-refractivity contribution in [1.82, 2.24) is 20.6 Å². The molecule has 2 aromatic carbocycles. The number of nitrogens with zero attached hydrogens (tertiary/aromatic N) is 2. The van der Waals surface area contributed by atoms with Crippen molar-refractivity contribution in [3.63, 3.8) is 0 Å². The van der Waals surface area contributed by atoms with Crippen LogP contribution in [0.5, 0.6) is 0 Å². The van der Waals surface area contributed by atoms with Crippen molar-refractivity contribution in [2.75, 3.05) is 12.4 Å². The highest BCUT2D eigenvalue weighted by molar-refractivity contribution is 6.11. The van der Waals surface area contributed by atoms with Crippen LogP contribution >= 0.6 is 0 Å². The second-order valence-electron chi connectivity index (χ2n) is 13.5. The van der Waals surface area contributed by atoms with Crippen LogP contribution in [0.4, 0.5) is 5.69 Å². The Balaban J connectivity index is 1.65. The van der Waals surface area contributed by atoms with Gasteiger partial charge in [-0.15, -0.1) is 0 Å². The van der Waals surface area contributed by atoms with E-state index in [1.807, 2.05) is 26.8 Å². The minimum Gasteiger partial charge on any atom is -0.464 e. The van der Waals surface area contributed by atoms with E-state index in [9.17, 15) is 24.3 Å². The SMILES string of the molecule is COC(=O)c1coc(-c2nc3oc2[C@@]2(c4ccccc4)C(=O)Nc4ccc(cc42)C[C@H](NC(=O)[C@@H](O)C(C)C)C(=O)N[C@H]3C(C)(C)C)n1. The average Bonchev–Trinajstić information content (AvgIpc) is 3.77. The van der Waals surface area contributed by atoms with Crippen LogP contribution in [0.15, 0.2) is 63.6 Å². The number of rotatable bonds is 6. The molecule has 4 N–H and O–H groups in total. The lowest BCUT2D eigenvalue weighted by molar-refractivity contribution is -0.136. The van der Waals surface area contributed by atoms with Crippen molar-refractivity contribution in [3.05, 3.63) is 88.8 Å². The first-order chi connectivity index (χ1) is 22.7. The summed E-state index contributed by atoms with van der Waals surface area (Å²) in [6.45, 7) is 9.03. The molecule has 0 aliphatic carbocycles. The van der Waals surface area contributed by atoms with Gasteiger partial charge >= 0.3 is 5.97 Å². The van der Waals surface area contributed by atoms with Gasteiger partial charge in [0.15, 0.2) is 22.6 Å². The van der Waals surface area contributed by atoms with Gasteiger partial charge < -0.3 is 34.6 Å². The van der Waals surface area contributed by atoms with E-state index in [1.54, 1.807) is 56.3 Å². The second kappa shape index (κ2) is 12.1. The number of esters is 1. The zero-order valence-corrected chi connectivity index (χ0v) is 27.4. The van der Waals surface area contributed by atoms with Gasteiger partial charge in [-0.05, 0) is 28.5 Å². The molecular formula is C35H37N5O8. The zero-order chi connectivity index (χ0) is 34.5. The molecule has 2 aliphatic heterocycles. The van der Waals surface area contributed by atoms with Crippen LogP contribution in [0, 0.1) is 11.3 Å².